The molecule has 0 aliphatic carbocycles. The number of amides is 1. The van der Waals surface area contributed by atoms with Gasteiger partial charge in [0.15, 0.2) is 0 Å². The van der Waals surface area contributed by atoms with Gasteiger partial charge in [0.05, 0.1) is 7.11 Å². The quantitative estimate of drug-likeness (QED) is 0.690. The molecule has 5 heteroatoms. The van der Waals surface area contributed by atoms with Crippen LogP contribution >= 0.6 is 11.6 Å². The first-order chi connectivity index (χ1) is 6.63. The van der Waals surface area contributed by atoms with Gasteiger partial charge in [-0.05, 0) is 6.07 Å². The lowest BCUT2D eigenvalue weighted by Crippen LogP contribution is -2.06. The van der Waals surface area contributed by atoms with Crippen LogP contribution in [0, 0.1) is 11.8 Å². The molecule has 72 valence electrons. The lowest BCUT2D eigenvalue weighted by Gasteiger charge is -2.00. The van der Waals surface area contributed by atoms with Crippen LogP contribution in [0.15, 0.2) is 12.3 Å². The number of primary amides is 1. The Kier molecular flexibility index (Phi) is 3.32. The summed E-state index contributed by atoms with van der Waals surface area (Å²) in [7, 11) is 1.46. The molecule has 4 nitrogen and oxygen atoms in total. The molecule has 0 fully saturated rings. The van der Waals surface area contributed by atoms with Crippen molar-refractivity contribution in [3.8, 4) is 17.7 Å². The smallest absolute Gasteiger partial charge is 0.293 e. The number of ether oxygens (including phenoxy) is 1. The van der Waals surface area contributed by atoms with E-state index in [1.165, 1.54) is 13.3 Å². The fourth-order valence-electron chi connectivity index (χ4n) is 0.778. The molecular weight excluding hydrogens is 204 g/mol. The van der Waals surface area contributed by atoms with Crippen LogP contribution in [0.25, 0.3) is 0 Å². The fourth-order valence-corrected chi connectivity index (χ4v) is 1.02. The molecule has 1 rings (SSSR count). The number of hydrogen-bond acceptors (Lipinski definition) is 3. The van der Waals surface area contributed by atoms with Crippen molar-refractivity contribution in [2.45, 2.75) is 0 Å². The first-order valence-corrected chi connectivity index (χ1v) is 4.02. The van der Waals surface area contributed by atoms with Gasteiger partial charge in [-0.2, -0.15) is 0 Å². The van der Waals surface area contributed by atoms with E-state index in [0.29, 0.717) is 16.5 Å². The van der Waals surface area contributed by atoms with E-state index in [1.54, 1.807) is 6.07 Å². The van der Waals surface area contributed by atoms with E-state index in [1.807, 2.05) is 0 Å². The summed E-state index contributed by atoms with van der Waals surface area (Å²) in [5, 5.41) is 0.337. The third-order valence-electron chi connectivity index (χ3n) is 1.33. The molecule has 0 unspecified atom stereocenters. The van der Waals surface area contributed by atoms with Gasteiger partial charge in [-0.25, -0.2) is 4.98 Å². The molecule has 0 spiro atoms. The summed E-state index contributed by atoms with van der Waals surface area (Å²) in [5.74, 6) is 4.30. The summed E-state index contributed by atoms with van der Waals surface area (Å²) in [4.78, 5) is 14.2. The Bertz CT molecular complexity index is 421. The molecule has 1 heterocycles. The van der Waals surface area contributed by atoms with Gasteiger partial charge >= 0.3 is 0 Å². The fraction of sp³-hybridized carbons (Fsp3) is 0.111. The molecule has 0 saturated carbocycles. The molecule has 0 aliphatic heterocycles. The van der Waals surface area contributed by atoms with E-state index >= 15 is 0 Å². The predicted octanol–water partition coefficient (Wildman–Crippen LogP) is 0.580. The molecule has 0 radical (unpaired) electrons. The van der Waals surface area contributed by atoms with Crippen LogP contribution in [-0.4, -0.2) is 18.0 Å². The summed E-state index contributed by atoms with van der Waals surface area (Å²) in [6.45, 7) is 0. The van der Waals surface area contributed by atoms with Crippen molar-refractivity contribution in [3.63, 3.8) is 0 Å². The first-order valence-electron chi connectivity index (χ1n) is 3.64. The number of methoxy groups -OCH3 is 1. The van der Waals surface area contributed by atoms with Gasteiger partial charge < -0.3 is 10.5 Å². The lowest BCUT2D eigenvalue weighted by molar-refractivity contribution is -0.112. The minimum Gasteiger partial charge on any atom is -0.480 e. The van der Waals surface area contributed by atoms with Crippen LogP contribution in [0.5, 0.6) is 5.88 Å². The number of aromatic nitrogens is 1. The van der Waals surface area contributed by atoms with Gasteiger partial charge in [-0.3, -0.25) is 4.79 Å². The van der Waals surface area contributed by atoms with Gasteiger partial charge in [-0.1, -0.05) is 17.5 Å². The topological polar surface area (TPSA) is 65.2 Å². The van der Waals surface area contributed by atoms with Crippen molar-refractivity contribution in [2.75, 3.05) is 7.11 Å². The van der Waals surface area contributed by atoms with Crippen molar-refractivity contribution in [1.82, 2.24) is 4.98 Å². The maximum atomic E-state index is 10.4. The predicted molar refractivity (Wildman–Crippen MR) is 51.9 cm³/mol. The average molecular weight is 211 g/mol. The molecule has 0 aromatic carbocycles. The van der Waals surface area contributed by atoms with E-state index in [-0.39, 0.29) is 0 Å². The molecule has 14 heavy (non-hydrogen) atoms. The lowest BCUT2D eigenvalue weighted by atomic mass is 10.3. The van der Waals surface area contributed by atoms with E-state index < -0.39 is 5.91 Å². The molecule has 1 aromatic rings. The standard InChI is InChI=1S/C9H7ClN2O2/c1-14-9-7(10)4-6(5-12-9)2-3-8(11)13/h4-5H,1H3,(H2,11,13). The van der Waals surface area contributed by atoms with Crippen LogP contribution in [0.1, 0.15) is 5.56 Å². The minimum absolute atomic E-state index is 0.316. The Balaban J connectivity index is 2.99. The van der Waals surface area contributed by atoms with Crippen LogP contribution in [0.4, 0.5) is 0 Å². The summed E-state index contributed by atoms with van der Waals surface area (Å²) >= 11 is 5.77. The largest absolute Gasteiger partial charge is 0.480 e. The maximum absolute atomic E-state index is 10.4. The summed E-state index contributed by atoms with van der Waals surface area (Å²) in [5.41, 5.74) is 5.35. The van der Waals surface area contributed by atoms with Crippen molar-refractivity contribution in [2.24, 2.45) is 5.73 Å². The van der Waals surface area contributed by atoms with E-state index in [9.17, 15) is 4.79 Å². The normalized spacial score (nSPS) is 8.71. The van der Waals surface area contributed by atoms with Crippen molar-refractivity contribution >= 4 is 17.5 Å². The minimum atomic E-state index is -0.697. The highest BCUT2D eigenvalue weighted by molar-refractivity contribution is 6.31. The van der Waals surface area contributed by atoms with Crippen LogP contribution < -0.4 is 10.5 Å². The van der Waals surface area contributed by atoms with Crippen molar-refractivity contribution in [3.05, 3.63) is 22.8 Å². The number of nitrogens with two attached hydrogens (primary N) is 1. The Morgan fingerprint density at radius 1 is 1.71 bits per heavy atom. The van der Waals surface area contributed by atoms with Crippen molar-refractivity contribution < 1.29 is 9.53 Å². The number of nitrogens with zero attached hydrogens (tertiary/aromatic N) is 1. The van der Waals surface area contributed by atoms with Crippen molar-refractivity contribution in [1.29, 1.82) is 0 Å². The highest BCUT2D eigenvalue weighted by Gasteiger charge is 2.01. The van der Waals surface area contributed by atoms with E-state index in [4.69, 9.17) is 22.1 Å². The number of hydrogen-bond donors (Lipinski definition) is 1. The molecular formula is C9H7ClN2O2. The second-order valence-electron chi connectivity index (χ2n) is 2.33. The zero-order chi connectivity index (χ0) is 10.6. The Morgan fingerprint density at radius 2 is 2.43 bits per heavy atom. The highest BCUT2D eigenvalue weighted by atomic mass is 35.5. The first kappa shape index (κ1) is 10.4. The maximum Gasteiger partial charge on any atom is 0.293 e. The molecule has 0 aliphatic rings. The molecule has 0 saturated heterocycles. The second-order valence-corrected chi connectivity index (χ2v) is 2.74. The van der Waals surface area contributed by atoms with Gasteiger partial charge in [0.2, 0.25) is 5.88 Å². The van der Waals surface area contributed by atoms with Gasteiger partial charge in [0.1, 0.15) is 5.02 Å². The number of pyridine rings is 1. The monoisotopic (exact) mass is 210 g/mol. The summed E-state index contributed by atoms with van der Waals surface area (Å²) in [6.07, 6.45) is 1.45. The molecule has 2 N–H and O–H groups in total. The Labute approximate surface area is 86.0 Å². The second kappa shape index (κ2) is 4.49. The SMILES string of the molecule is COc1ncc(C#CC(N)=O)cc1Cl. The van der Waals surface area contributed by atoms with E-state index in [0.717, 1.165) is 0 Å². The highest BCUT2D eigenvalue weighted by Crippen LogP contribution is 2.21. The van der Waals surface area contributed by atoms with Crippen LogP contribution in [0.2, 0.25) is 5.02 Å². The number of carbonyl (C=O) groups is 1. The third kappa shape index (κ3) is 2.64. The van der Waals surface area contributed by atoms with Crippen LogP contribution in [-0.2, 0) is 4.79 Å². The summed E-state index contributed by atoms with van der Waals surface area (Å²) in [6, 6.07) is 1.54. The molecule has 0 bridgehead atoms. The van der Waals surface area contributed by atoms with E-state index in [2.05, 4.69) is 16.8 Å². The number of carbonyl (C=O) groups excluding carboxylic acids is 1. The number of rotatable bonds is 1. The van der Waals surface area contributed by atoms with Gasteiger partial charge in [-0.15, -0.1) is 0 Å². The Hall–Kier alpha value is -1.73. The molecule has 1 aromatic heterocycles. The summed E-state index contributed by atoms with van der Waals surface area (Å²) < 4.78 is 4.84. The van der Waals surface area contributed by atoms with Gasteiger partial charge in [0.25, 0.3) is 5.91 Å². The average Bonchev–Trinajstić information content (AvgIpc) is 2.15. The zero-order valence-corrected chi connectivity index (χ0v) is 8.13. The number of halogens is 1. The zero-order valence-electron chi connectivity index (χ0n) is 7.37. The van der Waals surface area contributed by atoms with Gasteiger partial charge in [0, 0.05) is 17.7 Å². The molecule has 1 amide bonds. The third-order valence-corrected chi connectivity index (χ3v) is 1.60. The Morgan fingerprint density at radius 3 is 2.93 bits per heavy atom. The molecule has 0 atom stereocenters. The van der Waals surface area contributed by atoms with Crippen LogP contribution in [0.3, 0.4) is 0 Å².